The van der Waals surface area contributed by atoms with Crippen molar-refractivity contribution in [3.05, 3.63) is 35.4 Å². The molecule has 1 aromatic rings. The highest BCUT2D eigenvalue weighted by Crippen LogP contribution is 2.15. The van der Waals surface area contributed by atoms with Gasteiger partial charge in [0.2, 0.25) is 5.91 Å². The Morgan fingerprint density at radius 3 is 2.80 bits per heavy atom. The summed E-state index contributed by atoms with van der Waals surface area (Å²) in [6.45, 7) is 8.17. The van der Waals surface area contributed by atoms with Crippen LogP contribution in [0.3, 0.4) is 0 Å². The fraction of sp³-hybridized carbons (Fsp3) is 0.588. The highest BCUT2D eigenvalue weighted by atomic mass is 16.2. The minimum atomic E-state index is 0.266. The summed E-state index contributed by atoms with van der Waals surface area (Å²) in [6.07, 6.45) is 2.61. The molecule has 3 heteroatoms. The molecule has 0 aromatic heterocycles. The van der Waals surface area contributed by atoms with Gasteiger partial charge in [0.1, 0.15) is 0 Å². The number of hydrogen-bond donors (Lipinski definition) is 1. The Balaban J connectivity index is 2.05. The van der Waals surface area contributed by atoms with Crippen molar-refractivity contribution in [3.8, 4) is 0 Å². The number of amides is 1. The van der Waals surface area contributed by atoms with E-state index in [1.54, 1.807) is 0 Å². The lowest BCUT2D eigenvalue weighted by atomic mass is 10.0. The third-order valence-electron chi connectivity index (χ3n) is 4.22. The van der Waals surface area contributed by atoms with Crippen LogP contribution < -0.4 is 5.32 Å². The van der Waals surface area contributed by atoms with Crippen molar-refractivity contribution in [1.82, 2.24) is 10.2 Å². The van der Waals surface area contributed by atoms with Gasteiger partial charge in [0.15, 0.2) is 0 Å². The smallest absolute Gasteiger partial charge is 0.227 e. The third kappa shape index (κ3) is 3.60. The van der Waals surface area contributed by atoms with Crippen LogP contribution in [-0.2, 0) is 11.2 Å². The van der Waals surface area contributed by atoms with Gasteiger partial charge in [-0.05, 0) is 25.3 Å². The number of carbonyl (C=O) groups is 1. The first-order valence-corrected chi connectivity index (χ1v) is 7.72. The molecule has 0 radical (unpaired) electrons. The molecule has 0 aliphatic carbocycles. The average molecular weight is 274 g/mol. The summed E-state index contributed by atoms with van der Waals surface area (Å²) in [6, 6.07) is 9.04. The van der Waals surface area contributed by atoms with Gasteiger partial charge < -0.3 is 10.2 Å². The largest absolute Gasteiger partial charge is 0.337 e. The Kier molecular flexibility index (Phi) is 5.18. The van der Waals surface area contributed by atoms with E-state index in [1.165, 1.54) is 5.56 Å². The van der Waals surface area contributed by atoms with E-state index in [2.05, 4.69) is 43.1 Å². The van der Waals surface area contributed by atoms with Crippen LogP contribution in [0.15, 0.2) is 24.3 Å². The van der Waals surface area contributed by atoms with Crippen LogP contribution in [0.4, 0.5) is 0 Å². The summed E-state index contributed by atoms with van der Waals surface area (Å²) in [5.74, 6) is 0.266. The van der Waals surface area contributed by atoms with Crippen molar-refractivity contribution >= 4 is 5.91 Å². The molecule has 1 saturated heterocycles. The van der Waals surface area contributed by atoms with E-state index < -0.39 is 0 Å². The number of carbonyl (C=O) groups excluding carboxylic acids is 1. The highest BCUT2D eigenvalue weighted by molar-refractivity contribution is 5.79. The van der Waals surface area contributed by atoms with Crippen LogP contribution in [0.25, 0.3) is 0 Å². The fourth-order valence-electron chi connectivity index (χ4n) is 2.91. The Morgan fingerprint density at radius 2 is 2.15 bits per heavy atom. The van der Waals surface area contributed by atoms with Crippen LogP contribution in [0.5, 0.6) is 0 Å². The van der Waals surface area contributed by atoms with Crippen molar-refractivity contribution in [2.24, 2.45) is 0 Å². The zero-order chi connectivity index (χ0) is 14.5. The van der Waals surface area contributed by atoms with Gasteiger partial charge in [-0.1, -0.05) is 43.7 Å². The maximum Gasteiger partial charge on any atom is 0.227 e. The molecule has 2 atom stereocenters. The van der Waals surface area contributed by atoms with E-state index in [4.69, 9.17) is 0 Å². The van der Waals surface area contributed by atoms with Gasteiger partial charge in [-0.3, -0.25) is 4.79 Å². The van der Waals surface area contributed by atoms with E-state index >= 15 is 0 Å². The molecule has 1 aliphatic rings. The minimum Gasteiger partial charge on any atom is -0.337 e. The van der Waals surface area contributed by atoms with Gasteiger partial charge in [0.05, 0.1) is 6.42 Å². The van der Waals surface area contributed by atoms with Crippen LogP contribution >= 0.6 is 0 Å². The lowest BCUT2D eigenvalue weighted by Gasteiger charge is -2.40. The number of piperazine rings is 1. The monoisotopic (exact) mass is 274 g/mol. The fourth-order valence-corrected chi connectivity index (χ4v) is 2.91. The number of rotatable bonds is 4. The van der Waals surface area contributed by atoms with Crippen molar-refractivity contribution < 1.29 is 4.79 Å². The molecular formula is C17H26N2O. The zero-order valence-corrected chi connectivity index (χ0v) is 12.9. The van der Waals surface area contributed by atoms with Crippen LogP contribution in [-0.4, -0.2) is 36.0 Å². The normalized spacial score (nSPS) is 22.9. The first-order chi connectivity index (χ1) is 9.63. The van der Waals surface area contributed by atoms with E-state index in [0.29, 0.717) is 18.5 Å². The lowest BCUT2D eigenvalue weighted by Crippen LogP contribution is -2.58. The number of hydrogen-bond acceptors (Lipinski definition) is 2. The van der Waals surface area contributed by atoms with Crippen molar-refractivity contribution in [2.75, 3.05) is 13.1 Å². The van der Waals surface area contributed by atoms with Gasteiger partial charge in [0.25, 0.3) is 0 Å². The Bertz CT molecular complexity index is 458. The maximum absolute atomic E-state index is 12.6. The van der Waals surface area contributed by atoms with Crippen molar-refractivity contribution in [1.29, 1.82) is 0 Å². The SMILES string of the molecule is CCC1CN(C(=O)Cc2cccc(C)c2)C(CC)CN1. The molecule has 1 aliphatic heterocycles. The summed E-state index contributed by atoms with van der Waals surface area (Å²) in [5.41, 5.74) is 2.34. The van der Waals surface area contributed by atoms with E-state index in [-0.39, 0.29) is 5.91 Å². The predicted molar refractivity (Wildman–Crippen MR) is 82.8 cm³/mol. The molecule has 3 nitrogen and oxygen atoms in total. The maximum atomic E-state index is 12.6. The molecule has 0 spiro atoms. The number of aryl methyl sites for hydroxylation is 1. The van der Waals surface area contributed by atoms with Crippen LogP contribution in [0.1, 0.15) is 37.8 Å². The number of nitrogens with zero attached hydrogens (tertiary/aromatic N) is 1. The number of nitrogens with one attached hydrogen (secondary N) is 1. The standard InChI is InChI=1S/C17H26N2O/c1-4-15-12-19(16(5-2)11-18-15)17(20)10-14-8-6-7-13(3)9-14/h6-9,15-16,18H,4-5,10-12H2,1-3H3. The first-order valence-electron chi connectivity index (χ1n) is 7.72. The summed E-state index contributed by atoms with van der Waals surface area (Å²) in [4.78, 5) is 14.7. The second-order valence-corrected chi connectivity index (χ2v) is 5.79. The van der Waals surface area contributed by atoms with E-state index in [0.717, 1.165) is 31.5 Å². The van der Waals surface area contributed by atoms with Crippen molar-refractivity contribution in [2.45, 2.75) is 52.1 Å². The Morgan fingerprint density at radius 1 is 1.35 bits per heavy atom. The molecule has 0 saturated carbocycles. The molecule has 20 heavy (non-hydrogen) atoms. The first kappa shape index (κ1) is 15.0. The second-order valence-electron chi connectivity index (χ2n) is 5.79. The van der Waals surface area contributed by atoms with Crippen LogP contribution in [0, 0.1) is 6.92 Å². The van der Waals surface area contributed by atoms with Gasteiger partial charge >= 0.3 is 0 Å². The van der Waals surface area contributed by atoms with Gasteiger partial charge in [-0.15, -0.1) is 0 Å². The molecular weight excluding hydrogens is 248 g/mol. The molecule has 2 rings (SSSR count). The second kappa shape index (κ2) is 6.89. The summed E-state index contributed by atoms with van der Waals surface area (Å²) < 4.78 is 0. The lowest BCUT2D eigenvalue weighted by molar-refractivity contribution is -0.134. The molecule has 1 N–H and O–H groups in total. The highest BCUT2D eigenvalue weighted by Gasteiger charge is 2.29. The zero-order valence-electron chi connectivity index (χ0n) is 12.9. The molecule has 1 amide bonds. The summed E-state index contributed by atoms with van der Waals surface area (Å²) in [5, 5.41) is 3.53. The Hall–Kier alpha value is -1.35. The molecule has 1 heterocycles. The average Bonchev–Trinajstić information content (AvgIpc) is 2.46. The topological polar surface area (TPSA) is 32.3 Å². The van der Waals surface area contributed by atoms with Crippen LogP contribution in [0.2, 0.25) is 0 Å². The van der Waals surface area contributed by atoms with Crippen molar-refractivity contribution in [3.63, 3.8) is 0 Å². The van der Waals surface area contributed by atoms with Gasteiger partial charge in [0, 0.05) is 25.2 Å². The van der Waals surface area contributed by atoms with Gasteiger partial charge in [-0.25, -0.2) is 0 Å². The molecule has 1 aromatic carbocycles. The molecule has 1 fully saturated rings. The molecule has 110 valence electrons. The predicted octanol–water partition coefficient (Wildman–Crippen LogP) is 2.53. The van der Waals surface area contributed by atoms with E-state index in [1.807, 2.05) is 12.1 Å². The Labute approximate surface area is 122 Å². The minimum absolute atomic E-state index is 0.266. The quantitative estimate of drug-likeness (QED) is 0.915. The molecule has 0 bridgehead atoms. The summed E-state index contributed by atoms with van der Waals surface area (Å²) >= 11 is 0. The van der Waals surface area contributed by atoms with E-state index in [9.17, 15) is 4.79 Å². The molecule has 2 unspecified atom stereocenters. The van der Waals surface area contributed by atoms with Gasteiger partial charge in [-0.2, -0.15) is 0 Å². The third-order valence-corrected chi connectivity index (χ3v) is 4.22. The number of benzene rings is 1. The summed E-state index contributed by atoms with van der Waals surface area (Å²) in [7, 11) is 0.